The van der Waals surface area contributed by atoms with Crippen molar-refractivity contribution < 1.29 is 0 Å². The second-order valence-corrected chi connectivity index (χ2v) is 6.17. The molecular formula is C19H24N2. The Labute approximate surface area is 128 Å². The monoisotopic (exact) mass is 280 g/mol. The lowest BCUT2D eigenvalue weighted by molar-refractivity contribution is 0.144. The van der Waals surface area contributed by atoms with E-state index in [2.05, 4.69) is 73.7 Å². The molecule has 1 saturated heterocycles. The standard InChI is InChI=1S/C19H24N2/c1-14-8-9-20-10-11-21(17(4)19(20)12-14)13-18-15(2)6-5-7-16(18)3/h5-9,12,17H,1,10-11,13H2,2-4H3. The molecule has 3 rings (SSSR count). The van der Waals surface area contributed by atoms with Crippen molar-refractivity contribution in [3.05, 3.63) is 71.1 Å². The summed E-state index contributed by atoms with van der Waals surface area (Å²) < 4.78 is 0. The van der Waals surface area contributed by atoms with E-state index in [9.17, 15) is 0 Å². The number of hydrogen-bond donors (Lipinski definition) is 0. The fourth-order valence-electron chi connectivity index (χ4n) is 3.29. The van der Waals surface area contributed by atoms with Crippen molar-refractivity contribution in [2.45, 2.75) is 33.4 Å². The van der Waals surface area contributed by atoms with E-state index >= 15 is 0 Å². The Balaban J connectivity index is 1.83. The number of nitrogens with zero attached hydrogens (tertiary/aromatic N) is 2. The van der Waals surface area contributed by atoms with Crippen LogP contribution >= 0.6 is 0 Å². The van der Waals surface area contributed by atoms with Crippen LogP contribution in [0.1, 0.15) is 23.6 Å². The molecule has 1 fully saturated rings. The molecule has 0 amide bonds. The summed E-state index contributed by atoms with van der Waals surface area (Å²) in [7, 11) is 0. The molecule has 21 heavy (non-hydrogen) atoms. The first kappa shape index (κ1) is 14.2. The van der Waals surface area contributed by atoms with Gasteiger partial charge in [0.25, 0.3) is 0 Å². The van der Waals surface area contributed by atoms with Gasteiger partial charge in [0.05, 0.1) is 0 Å². The summed E-state index contributed by atoms with van der Waals surface area (Å²) in [5.74, 6) is 0. The highest BCUT2D eigenvalue weighted by atomic mass is 15.3. The smallest absolute Gasteiger partial charge is 0.0476 e. The maximum absolute atomic E-state index is 4.07. The normalized spacial score (nSPS) is 22.2. The number of rotatable bonds is 2. The lowest BCUT2D eigenvalue weighted by Gasteiger charge is -2.43. The molecule has 0 aromatic heterocycles. The van der Waals surface area contributed by atoms with Gasteiger partial charge >= 0.3 is 0 Å². The maximum atomic E-state index is 4.07. The van der Waals surface area contributed by atoms with Crippen LogP contribution in [0.5, 0.6) is 0 Å². The van der Waals surface area contributed by atoms with Crippen LogP contribution in [0.4, 0.5) is 0 Å². The van der Waals surface area contributed by atoms with E-state index in [1.165, 1.54) is 22.4 Å². The van der Waals surface area contributed by atoms with Gasteiger partial charge in [-0.25, -0.2) is 0 Å². The number of allylic oxidation sites excluding steroid dienone is 3. The maximum Gasteiger partial charge on any atom is 0.0476 e. The first-order valence-electron chi connectivity index (χ1n) is 7.71. The molecule has 0 aliphatic carbocycles. The highest BCUT2D eigenvalue weighted by Gasteiger charge is 2.28. The molecule has 0 radical (unpaired) electrons. The Morgan fingerprint density at radius 1 is 1.19 bits per heavy atom. The van der Waals surface area contributed by atoms with Gasteiger partial charge in [-0.15, -0.1) is 0 Å². The highest BCUT2D eigenvalue weighted by Crippen LogP contribution is 2.28. The molecule has 0 N–H and O–H groups in total. The number of hydrogen-bond acceptors (Lipinski definition) is 2. The molecule has 1 atom stereocenters. The first-order chi connectivity index (χ1) is 10.1. The van der Waals surface area contributed by atoms with Gasteiger partial charge in [-0.2, -0.15) is 0 Å². The van der Waals surface area contributed by atoms with Crippen LogP contribution in [0.3, 0.4) is 0 Å². The van der Waals surface area contributed by atoms with Crippen molar-refractivity contribution >= 4 is 0 Å². The predicted molar refractivity (Wildman–Crippen MR) is 88.9 cm³/mol. The van der Waals surface area contributed by atoms with Crippen molar-refractivity contribution in [2.75, 3.05) is 13.1 Å². The molecule has 0 spiro atoms. The summed E-state index contributed by atoms with van der Waals surface area (Å²) >= 11 is 0. The average Bonchev–Trinajstić information content (AvgIpc) is 2.46. The van der Waals surface area contributed by atoms with Crippen LogP contribution in [0.15, 0.2) is 54.4 Å². The van der Waals surface area contributed by atoms with E-state index in [1.807, 2.05) is 0 Å². The molecule has 110 valence electrons. The Morgan fingerprint density at radius 3 is 2.62 bits per heavy atom. The average molecular weight is 280 g/mol. The third-order valence-corrected chi connectivity index (χ3v) is 4.74. The zero-order valence-electron chi connectivity index (χ0n) is 13.3. The minimum absolute atomic E-state index is 0.430. The largest absolute Gasteiger partial charge is 0.349 e. The van der Waals surface area contributed by atoms with Crippen LogP contribution in [0, 0.1) is 13.8 Å². The minimum atomic E-state index is 0.430. The Hall–Kier alpha value is -1.80. The molecule has 2 heterocycles. The van der Waals surface area contributed by atoms with Gasteiger partial charge in [0.1, 0.15) is 0 Å². The van der Waals surface area contributed by atoms with Gasteiger partial charge in [-0.05, 0) is 55.2 Å². The summed E-state index contributed by atoms with van der Waals surface area (Å²) in [6.45, 7) is 14.0. The van der Waals surface area contributed by atoms with Crippen LogP contribution in [-0.2, 0) is 6.54 Å². The van der Waals surface area contributed by atoms with Gasteiger partial charge in [-0.3, -0.25) is 4.90 Å². The molecular weight excluding hydrogens is 256 g/mol. The van der Waals surface area contributed by atoms with Gasteiger partial charge in [0, 0.05) is 37.6 Å². The summed E-state index contributed by atoms with van der Waals surface area (Å²) in [5, 5.41) is 0. The molecule has 0 saturated carbocycles. The quantitative estimate of drug-likeness (QED) is 0.813. The number of fused-ring (bicyclic) bond motifs is 1. The van der Waals surface area contributed by atoms with Crippen molar-refractivity contribution in [3.8, 4) is 0 Å². The predicted octanol–water partition coefficient (Wildman–Crippen LogP) is 3.78. The molecule has 0 bridgehead atoms. The van der Waals surface area contributed by atoms with Crippen LogP contribution in [0.25, 0.3) is 0 Å². The van der Waals surface area contributed by atoms with E-state index < -0.39 is 0 Å². The van der Waals surface area contributed by atoms with E-state index in [-0.39, 0.29) is 0 Å². The molecule has 2 heteroatoms. The first-order valence-corrected chi connectivity index (χ1v) is 7.71. The molecule has 1 unspecified atom stereocenters. The highest BCUT2D eigenvalue weighted by molar-refractivity contribution is 5.38. The Kier molecular flexibility index (Phi) is 3.73. The van der Waals surface area contributed by atoms with Crippen LogP contribution < -0.4 is 0 Å². The Bertz CT molecular complexity index is 604. The molecule has 1 aromatic carbocycles. The van der Waals surface area contributed by atoms with Crippen molar-refractivity contribution in [2.24, 2.45) is 0 Å². The van der Waals surface area contributed by atoms with Crippen LogP contribution in [-0.4, -0.2) is 28.9 Å². The van der Waals surface area contributed by atoms with Crippen molar-refractivity contribution in [1.82, 2.24) is 9.80 Å². The fraction of sp³-hybridized carbons (Fsp3) is 0.368. The number of aryl methyl sites for hydroxylation is 2. The third-order valence-electron chi connectivity index (χ3n) is 4.74. The zero-order valence-corrected chi connectivity index (χ0v) is 13.3. The van der Waals surface area contributed by atoms with E-state index in [0.29, 0.717) is 6.04 Å². The minimum Gasteiger partial charge on any atom is -0.349 e. The summed E-state index contributed by atoms with van der Waals surface area (Å²) in [4.78, 5) is 4.94. The van der Waals surface area contributed by atoms with Crippen molar-refractivity contribution in [1.29, 1.82) is 0 Å². The molecule has 2 aliphatic rings. The van der Waals surface area contributed by atoms with E-state index in [0.717, 1.165) is 25.2 Å². The summed E-state index contributed by atoms with van der Waals surface area (Å²) in [5.41, 5.74) is 6.74. The van der Waals surface area contributed by atoms with E-state index in [1.54, 1.807) is 0 Å². The molecule has 2 nitrogen and oxygen atoms in total. The van der Waals surface area contributed by atoms with Gasteiger partial charge < -0.3 is 4.90 Å². The summed E-state index contributed by atoms with van der Waals surface area (Å²) in [6.07, 6.45) is 6.49. The SMILES string of the molecule is C=C1C=CN2CCN(Cc3c(C)cccc3C)C(C)C2=C1. The number of piperazine rings is 1. The van der Waals surface area contributed by atoms with Gasteiger partial charge in [0.2, 0.25) is 0 Å². The molecule has 2 aliphatic heterocycles. The lowest BCUT2D eigenvalue weighted by Crippen LogP contribution is -2.48. The second-order valence-electron chi connectivity index (χ2n) is 6.17. The second kappa shape index (κ2) is 5.53. The fourth-order valence-corrected chi connectivity index (χ4v) is 3.29. The van der Waals surface area contributed by atoms with E-state index in [4.69, 9.17) is 0 Å². The van der Waals surface area contributed by atoms with Gasteiger partial charge in [0.15, 0.2) is 0 Å². The molecule has 1 aromatic rings. The topological polar surface area (TPSA) is 6.48 Å². The third kappa shape index (κ3) is 2.68. The van der Waals surface area contributed by atoms with Crippen molar-refractivity contribution in [3.63, 3.8) is 0 Å². The van der Waals surface area contributed by atoms with Gasteiger partial charge in [-0.1, -0.05) is 24.8 Å². The zero-order chi connectivity index (χ0) is 15.0. The number of benzene rings is 1. The lowest BCUT2D eigenvalue weighted by atomic mass is 9.99. The Morgan fingerprint density at radius 2 is 1.90 bits per heavy atom. The van der Waals surface area contributed by atoms with Crippen LogP contribution in [0.2, 0.25) is 0 Å². The summed E-state index contributed by atoms with van der Waals surface area (Å²) in [6, 6.07) is 7.01.